The number of methoxy groups -OCH3 is 1. The van der Waals surface area contributed by atoms with Crippen LogP contribution in [0.4, 0.5) is 16.2 Å². The molecule has 1 aromatic heterocycles. The third-order valence-corrected chi connectivity index (χ3v) is 7.29. The summed E-state index contributed by atoms with van der Waals surface area (Å²) >= 11 is 1.38. The number of carboxylic acid groups (broad SMARTS) is 1. The van der Waals surface area contributed by atoms with Gasteiger partial charge in [-0.25, -0.2) is 4.79 Å². The van der Waals surface area contributed by atoms with E-state index in [-0.39, 0.29) is 24.3 Å². The Bertz CT molecular complexity index is 1120. The van der Waals surface area contributed by atoms with Crippen molar-refractivity contribution < 1.29 is 29.0 Å². The van der Waals surface area contributed by atoms with Crippen LogP contribution in [0.3, 0.4) is 0 Å². The van der Waals surface area contributed by atoms with Crippen molar-refractivity contribution in [1.29, 1.82) is 0 Å². The molecule has 10 nitrogen and oxygen atoms in total. The van der Waals surface area contributed by atoms with Crippen LogP contribution >= 0.6 is 11.3 Å². The molecule has 2 heterocycles. The average molecular weight is 515 g/mol. The molecule has 192 valence electrons. The van der Waals surface area contributed by atoms with E-state index in [2.05, 4.69) is 15.5 Å². The molecule has 2 aliphatic rings. The van der Waals surface area contributed by atoms with E-state index in [1.54, 1.807) is 29.2 Å². The first-order valence-corrected chi connectivity index (χ1v) is 12.8. The number of rotatable bonds is 8. The maximum Gasteiger partial charge on any atom is 0.409 e. The molecule has 0 spiro atoms. The topological polar surface area (TPSA) is 128 Å². The van der Waals surface area contributed by atoms with Gasteiger partial charge in [0, 0.05) is 42.5 Å². The number of hydrogen-bond donors (Lipinski definition) is 3. The van der Waals surface area contributed by atoms with E-state index in [4.69, 9.17) is 4.74 Å². The number of carbonyl (C=O) groups is 4. The quantitative estimate of drug-likeness (QED) is 0.493. The van der Waals surface area contributed by atoms with Crippen LogP contribution < -0.4 is 15.5 Å². The monoisotopic (exact) mass is 514 g/mol. The first-order valence-electron chi connectivity index (χ1n) is 11.9. The minimum Gasteiger partial charge on any atom is -0.481 e. The lowest BCUT2D eigenvalue weighted by molar-refractivity contribution is -0.137. The summed E-state index contributed by atoms with van der Waals surface area (Å²) in [6.07, 6.45) is 1.81. The number of nitrogens with zero attached hydrogens (tertiary/aromatic N) is 2. The van der Waals surface area contributed by atoms with Crippen LogP contribution in [-0.4, -0.2) is 67.2 Å². The third kappa shape index (κ3) is 6.34. The van der Waals surface area contributed by atoms with Crippen LogP contribution in [0.15, 0.2) is 35.7 Å². The highest BCUT2D eigenvalue weighted by Crippen LogP contribution is 2.34. The fourth-order valence-electron chi connectivity index (χ4n) is 4.23. The highest BCUT2D eigenvalue weighted by molar-refractivity contribution is 7.10. The molecule has 2 fully saturated rings. The minimum absolute atomic E-state index is 0.0203. The molecule has 36 heavy (non-hydrogen) atoms. The molecule has 0 radical (unpaired) electrons. The minimum atomic E-state index is -1.01. The van der Waals surface area contributed by atoms with Gasteiger partial charge in [0.2, 0.25) is 5.91 Å². The van der Waals surface area contributed by atoms with Crippen molar-refractivity contribution in [3.8, 4) is 0 Å². The van der Waals surface area contributed by atoms with Crippen molar-refractivity contribution in [2.75, 3.05) is 43.5 Å². The van der Waals surface area contributed by atoms with E-state index >= 15 is 0 Å². The van der Waals surface area contributed by atoms with Gasteiger partial charge in [-0.1, -0.05) is 6.07 Å². The van der Waals surface area contributed by atoms with Crippen molar-refractivity contribution in [2.45, 2.75) is 31.7 Å². The number of benzene rings is 1. The van der Waals surface area contributed by atoms with Gasteiger partial charge in [-0.3, -0.25) is 14.4 Å². The molecule has 11 heteroatoms. The first-order chi connectivity index (χ1) is 17.4. The Morgan fingerprint density at radius 1 is 1.14 bits per heavy atom. The number of carbonyl (C=O) groups excluding carboxylic acids is 3. The van der Waals surface area contributed by atoms with Gasteiger partial charge in [0.1, 0.15) is 0 Å². The zero-order valence-corrected chi connectivity index (χ0v) is 20.9. The van der Waals surface area contributed by atoms with Crippen LogP contribution in [0.5, 0.6) is 0 Å². The normalized spacial score (nSPS) is 16.6. The molecule has 1 unspecified atom stereocenters. The Hall–Kier alpha value is -3.60. The number of ether oxygens (including phenoxy) is 1. The zero-order valence-electron chi connectivity index (χ0n) is 20.1. The molecule has 1 saturated heterocycles. The van der Waals surface area contributed by atoms with Crippen LogP contribution in [0.2, 0.25) is 0 Å². The van der Waals surface area contributed by atoms with Gasteiger partial charge < -0.3 is 30.3 Å². The fourth-order valence-corrected chi connectivity index (χ4v) is 5.01. The Labute approximate surface area is 213 Å². The number of amides is 3. The van der Waals surface area contributed by atoms with E-state index in [1.165, 1.54) is 18.4 Å². The number of anilines is 2. The van der Waals surface area contributed by atoms with Crippen molar-refractivity contribution >= 4 is 46.6 Å². The molecule has 0 bridgehead atoms. The molecule has 1 atom stereocenters. The third-order valence-electron chi connectivity index (χ3n) is 6.30. The van der Waals surface area contributed by atoms with Crippen LogP contribution in [0, 0.1) is 5.92 Å². The van der Waals surface area contributed by atoms with Crippen molar-refractivity contribution in [3.05, 3.63) is 46.2 Å². The molecule has 1 aliphatic carbocycles. The van der Waals surface area contributed by atoms with Crippen molar-refractivity contribution in [1.82, 2.24) is 10.2 Å². The molecule has 3 amide bonds. The Balaban J connectivity index is 1.56. The smallest absolute Gasteiger partial charge is 0.409 e. The summed E-state index contributed by atoms with van der Waals surface area (Å²) in [4.78, 5) is 53.6. The van der Waals surface area contributed by atoms with Crippen LogP contribution in [0.25, 0.3) is 0 Å². The number of nitrogens with one attached hydrogen (secondary N) is 2. The Morgan fingerprint density at radius 2 is 1.94 bits per heavy atom. The van der Waals surface area contributed by atoms with Gasteiger partial charge in [-0.15, -0.1) is 11.3 Å². The lowest BCUT2D eigenvalue weighted by Crippen LogP contribution is -2.35. The molecule has 4 rings (SSSR count). The largest absolute Gasteiger partial charge is 0.481 e. The van der Waals surface area contributed by atoms with Gasteiger partial charge in [0.15, 0.2) is 0 Å². The van der Waals surface area contributed by atoms with E-state index in [0.717, 1.165) is 29.8 Å². The van der Waals surface area contributed by atoms with Gasteiger partial charge in [0.05, 0.1) is 30.9 Å². The maximum absolute atomic E-state index is 13.1. The van der Waals surface area contributed by atoms with E-state index in [9.17, 15) is 24.3 Å². The molecule has 1 aromatic carbocycles. The van der Waals surface area contributed by atoms with Gasteiger partial charge in [-0.05, 0) is 48.9 Å². The number of aliphatic carboxylic acids is 1. The van der Waals surface area contributed by atoms with Crippen LogP contribution in [0.1, 0.15) is 47.0 Å². The SMILES string of the molecule is COC(=O)N1CCCN(c2ccc(C(=O)NC(CC(=O)O)c3cccs3)cc2NC(=O)C2CC2)CC1. The second-order valence-corrected chi connectivity index (χ2v) is 9.91. The average Bonchev–Trinajstić information content (AvgIpc) is 3.63. The molecule has 1 saturated carbocycles. The standard InChI is InChI=1S/C25H30N4O6S/c1-35-25(34)29-10-3-9-28(11-12-29)20-8-7-17(14-18(20)26-23(32)16-5-6-16)24(33)27-19(15-22(30)31)21-4-2-13-36-21/h2,4,7-8,13-14,16,19H,3,5-6,9-12,15H2,1H3,(H,26,32)(H,27,33)(H,30,31). The summed E-state index contributed by atoms with van der Waals surface area (Å²) in [6, 6.07) is 8.05. The number of hydrogen-bond acceptors (Lipinski definition) is 7. The maximum atomic E-state index is 13.1. The second kappa shape index (κ2) is 11.4. The number of carboxylic acids is 1. The van der Waals surface area contributed by atoms with Gasteiger partial charge in [-0.2, -0.15) is 0 Å². The Morgan fingerprint density at radius 3 is 2.61 bits per heavy atom. The van der Waals surface area contributed by atoms with Crippen molar-refractivity contribution in [2.24, 2.45) is 5.92 Å². The first kappa shape index (κ1) is 25.5. The predicted molar refractivity (Wildman–Crippen MR) is 135 cm³/mol. The highest BCUT2D eigenvalue weighted by atomic mass is 32.1. The molecule has 2 aromatic rings. The summed E-state index contributed by atoms with van der Waals surface area (Å²) in [5.41, 5.74) is 1.62. The summed E-state index contributed by atoms with van der Waals surface area (Å²) < 4.78 is 4.85. The second-order valence-electron chi connectivity index (χ2n) is 8.93. The highest BCUT2D eigenvalue weighted by Gasteiger charge is 2.31. The molecular weight excluding hydrogens is 484 g/mol. The van der Waals surface area contributed by atoms with E-state index in [0.29, 0.717) is 37.4 Å². The summed E-state index contributed by atoms with van der Waals surface area (Å²) in [7, 11) is 1.36. The Kier molecular flexibility index (Phi) is 8.09. The van der Waals surface area contributed by atoms with E-state index in [1.807, 2.05) is 11.4 Å². The predicted octanol–water partition coefficient (Wildman–Crippen LogP) is 3.32. The number of thiophene rings is 1. The lowest BCUT2D eigenvalue weighted by atomic mass is 10.1. The van der Waals surface area contributed by atoms with E-state index < -0.39 is 17.9 Å². The summed E-state index contributed by atoms with van der Waals surface area (Å²) in [6.45, 7) is 2.26. The molecular formula is C25H30N4O6S. The van der Waals surface area contributed by atoms with Gasteiger partial charge in [0.25, 0.3) is 5.91 Å². The molecule has 3 N–H and O–H groups in total. The van der Waals surface area contributed by atoms with Gasteiger partial charge >= 0.3 is 12.1 Å². The molecule has 1 aliphatic heterocycles. The zero-order chi connectivity index (χ0) is 25.7. The fraction of sp³-hybridized carbons (Fsp3) is 0.440. The summed E-state index contributed by atoms with van der Waals surface area (Å²) in [5, 5.41) is 16.9. The lowest BCUT2D eigenvalue weighted by Gasteiger charge is -2.26. The van der Waals surface area contributed by atoms with Crippen LogP contribution in [-0.2, 0) is 14.3 Å². The van der Waals surface area contributed by atoms with Crippen molar-refractivity contribution in [3.63, 3.8) is 0 Å². The summed E-state index contributed by atoms with van der Waals surface area (Å²) in [5.74, 6) is -1.53.